The second-order valence-corrected chi connectivity index (χ2v) is 6.29. The number of hydrogen-bond donors (Lipinski definition) is 2. The standard InChI is InChI=1S/C18H18BrN3O.2ClH/c1-21-10-13-6-15(19)9-16(7-13)23-11-12-2-3-14-4-5-18(20)22-17(14)8-12;;/h2-9,21H,10-11H2,1H3,(H2,20,22);2*1H. The molecule has 0 aliphatic rings. The Morgan fingerprint density at radius 2 is 1.80 bits per heavy atom. The lowest BCUT2D eigenvalue weighted by molar-refractivity contribution is 0.306. The van der Waals surface area contributed by atoms with Crippen LogP contribution in [0.2, 0.25) is 0 Å². The van der Waals surface area contributed by atoms with Gasteiger partial charge in [0, 0.05) is 16.4 Å². The number of anilines is 1. The number of rotatable bonds is 5. The summed E-state index contributed by atoms with van der Waals surface area (Å²) < 4.78 is 6.93. The predicted octanol–water partition coefficient (Wildman–Crippen LogP) is 4.72. The van der Waals surface area contributed by atoms with Crippen LogP contribution in [0.25, 0.3) is 10.9 Å². The molecule has 0 fully saturated rings. The van der Waals surface area contributed by atoms with Gasteiger partial charge in [0.1, 0.15) is 18.2 Å². The second kappa shape index (κ2) is 9.82. The Balaban J connectivity index is 0.00000156. The highest BCUT2D eigenvalue weighted by Crippen LogP contribution is 2.23. The smallest absolute Gasteiger partial charge is 0.124 e. The Bertz CT molecular complexity index is 846. The maximum absolute atomic E-state index is 5.92. The van der Waals surface area contributed by atoms with Crippen LogP contribution in [0.1, 0.15) is 11.1 Å². The van der Waals surface area contributed by atoms with Crippen LogP contribution in [0.3, 0.4) is 0 Å². The first-order valence-electron chi connectivity index (χ1n) is 7.36. The highest BCUT2D eigenvalue weighted by atomic mass is 79.9. The van der Waals surface area contributed by atoms with Crippen molar-refractivity contribution in [3.63, 3.8) is 0 Å². The van der Waals surface area contributed by atoms with E-state index in [1.807, 2.05) is 49.5 Å². The third-order valence-electron chi connectivity index (χ3n) is 3.50. The summed E-state index contributed by atoms with van der Waals surface area (Å²) in [5.41, 5.74) is 8.86. The van der Waals surface area contributed by atoms with E-state index >= 15 is 0 Å². The van der Waals surface area contributed by atoms with E-state index in [-0.39, 0.29) is 24.8 Å². The van der Waals surface area contributed by atoms with Gasteiger partial charge in [0.2, 0.25) is 0 Å². The minimum absolute atomic E-state index is 0. The lowest BCUT2D eigenvalue weighted by atomic mass is 10.1. The van der Waals surface area contributed by atoms with Gasteiger partial charge in [0.25, 0.3) is 0 Å². The second-order valence-electron chi connectivity index (χ2n) is 5.38. The number of aromatic nitrogens is 1. The zero-order chi connectivity index (χ0) is 16.2. The maximum atomic E-state index is 5.92. The fourth-order valence-corrected chi connectivity index (χ4v) is 2.96. The summed E-state index contributed by atoms with van der Waals surface area (Å²) in [4.78, 5) is 4.35. The number of nitrogens with two attached hydrogens (primary N) is 1. The molecule has 0 aliphatic carbocycles. The highest BCUT2D eigenvalue weighted by molar-refractivity contribution is 9.10. The van der Waals surface area contributed by atoms with Crippen LogP contribution in [0, 0.1) is 0 Å². The largest absolute Gasteiger partial charge is 0.489 e. The van der Waals surface area contributed by atoms with E-state index < -0.39 is 0 Å². The van der Waals surface area contributed by atoms with Crippen LogP contribution >= 0.6 is 40.7 Å². The number of halogens is 3. The molecule has 0 spiro atoms. The summed E-state index contributed by atoms with van der Waals surface area (Å²) in [5, 5.41) is 4.21. The molecule has 0 radical (unpaired) electrons. The molecule has 0 saturated carbocycles. The van der Waals surface area contributed by atoms with Gasteiger partial charge in [-0.25, -0.2) is 4.98 Å². The lowest BCUT2D eigenvalue weighted by Crippen LogP contribution is -2.05. The molecular formula is C18H20BrCl2N3O. The average Bonchev–Trinajstić information content (AvgIpc) is 2.52. The van der Waals surface area contributed by atoms with Crippen LogP contribution in [-0.4, -0.2) is 12.0 Å². The van der Waals surface area contributed by atoms with Gasteiger partial charge in [-0.3, -0.25) is 0 Å². The summed E-state index contributed by atoms with van der Waals surface area (Å²) in [6.45, 7) is 1.29. The number of nitrogens with zero attached hydrogens (tertiary/aromatic N) is 1. The quantitative estimate of drug-likeness (QED) is 0.597. The van der Waals surface area contributed by atoms with Crippen molar-refractivity contribution < 1.29 is 4.74 Å². The normalized spacial score (nSPS) is 10.0. The summed E-state index contributed by atoms with van der Waals surface area (Å²) >= 11 is 3.52. The zero-order valence-corrected chi connectivity index (χ0v) is 16.9. The van der Waals surface area contributed by atoms with E-state index in [4.69, 9.17) is 10.5 Å². The van der Waals surface area contributed by atoms with Crippen molar-refractivity contribution in [2.75, 3.05) is 12.8 Å². The first kappa shape index (κ1) is 21.5. The van der Waals surface area contributed by atoms with Gasteiger partial charge in [-0.15, -0.1) is 24.8 Å². The fraction of sp³-hybridized carbons (Fsp3) is 0.167. The monoisotopic (exact) mass is 443 g/mol. The number of fused-ring (bicyclic) bond motifs is 1. The fourth-order valence-electron chi connectivity index (χ4n) is 2.45. The zero-order valence-electron chi connectivity index (χ0n) is 13.7. The molecule has 0 bridgehead atoms. The first-order valence-corrected chi connectivity index (χ1v) is 8.15. The van der Waals surface area contributed by atoms with Crippen LogP contribution < -0.4 is 15.8 Å². The van der Waals surface area contributed by atoms with Crippen molar-refractivity contribution in [2.24, 2.45) is 0 Å². The Morgan fingerprint density at radius 3 is 2.56 bits per heavy atom. The van der Waals surface area contributed by atoms with Crippen molar-refractivity contribution in [1.82, 2.24) is 10.3 Å². The minimum Gasteiger partial charge on any atom is -0.489 e. The van der Waals surface area contributed by atoms with E-state index in [1.165, 1.54) is 5.56 Å². The van der Waals surface area contributed by atoms with Crippen LogP contribution in [0.4, 0.5) is 5.82 Å². The Labute approximate surface area is 168 Å². The number of hydrogen-bond acceptors (Lipinski definition) is 4. The van der Waals surface area contributed by atoms with Crippen LogP contribution in [0.15, 0.2) is 53.0 Å². The summed E-state index contributed by atoms with van der Waals surface area (Å²) in [6.07, 6.45) is 0. The molecule has 1 aromatic heterocycles. The molecule has 3 N–H and O–H groups in total. The van der Waals surface area contributed by atoms with Gasteiger partial charge in [-0.2, -0.15) is 0 Å². The predicted molar refractivity (Wildman–Crippen MR) is 112 cm³/mol. The van der Waals surface area contributed by atoms with E-state index in [0.717, 1.165) is 33.2 Å². The molecule has 3 rings (SSSR count). The summed E-state index contributed by atoms with van der Waals surface area (Å²) in [7, 11) is 1.93. The number of pyridine rings is 1. The van der Waals surface area contributed by atoms with Gasteiger partial charge < -0.3 is 15.8 Å². The number of benzene rings is 2. The van der Waals surface area contributed by atoms with Crippen molar-refractivity contribution in [1.29, 1.82) is 0 Å². The molecular weight excluding hydrogens is 425 g/mol. The summed E-state index contributed by atoms with van der Waals surface area (Å²) in [6, 6.07) is 16.0. The molecule has 1 heterocycles. The van der Waals surface area contributed by atoms with Gasteiger partial charge in [-0.05, 0) is 54.6 Å². The Hall–Kier alpha value is -1.53. The number of nitrogen functional groups attached to an aromatic ring is 1. The Kier molecular flexibility index (Phi) is 8.45. The third kappa shape index (κ3) is 5.75. The molecule has 7 heteroatoms. The van der Waals surface area contributed by atoms with Crippen molar-refractivity contribution in [2.45, 2.75) is 13.2 Å². The van der Waals surface area contributed by atoms with E-state index in [2.05, 4.69) is 32.3 Å². The van der Waals surface area contributed by atoms with E-state index in [0.29, 0.717) is 12.4 Å². The van der Waals surface area contributed by atoms with E-state index in [1.54, 1.807) is 0 Å². The SMILES string of the molecule is CNCc1cc(Br)cc(OCc2ccc3ccc(N)nc3c2)c1.Cl.Cl. The number of nitrogens with one attached hydrogen (secondary N) is 1. The topological polar surface area (TPSA) is 60.2 Å². The lowest BCUT2D eigenvalue weighted by Gasteiger charge is -2.10. The molecule has 4 nitrogen and oxygen atoms in total. The molecule has 0 amide bonds. The van der Waals surface area contributed by atoms with Crippen molar-refractivity contribution in [3.05, 3.63) is 64.1 Å². The van der Waals surface area contributed by atoms with Gasteiger partial charge in [0.05, 0.1) is 5.52 Å². The van der Waals surface area contributed by atoms with E-state index in [9.17, 15) is 0 Å². The Morgan fingerprint density at radius 1 is 1.04 bits per heavy atom. The number of ether oxygens (including phenoxy) is 1. The molecule has 134 valence electrons. The summed E-state index contributed by atoms with van der Waals surface area (Å²) in [5.74, 6) is 1.37. The van der Waals surface area contributed by atoms with Gasteiger partial charge in [0.15, 0.2) is 0 Å². The van der Waals surface area contributed by atoms with Crippen LogP contribution in [-0.2, 0) is 13.2 Å². The van der Waals surface area contributed by atoms with Crippen LogP contribution in [0.5, 0.6) is 5.75 Å². The van der Waals surface area contributed by atoms with Crippen molar-refractivity contribution >= 4 is 57.5 Å². The molecule has 0 saturated heterocycles. The molecule has 0 aliphatic heterocycles. The van der Waals surface area contributed by atoms with Gasteiger partial charge in [-0.1, -0.05) is 28.1 Å². The maximum Gasteiger partial charge on any atom is 0.124 e. The third-order valence-corrected chi connectivity index (χ3v) is 3.95. The minimum atomic E-state index is 0. The molecule has 0 atom stereocenters. The van der Waals surface area contributed by atoms with Gasteiger partial charge >= 0.3 is 0 Å². The molecule has 3 aromatic rings. The highest BCUT2D eigenvalue weighted by Gasteiger charge is 2.03. The average molecular weight is 445 g/mol. The van der Waals surface area contributed by atoms with Crippen molar-refractivity contribution in [3.8, 4) is 5.75 Å². The molecule has 25 heavy (non-hydrogen) atoms. The molecule has 2 aromatic carbocycles. The molecule has 0 unspecified atom stereocenters. The first-order chi connectivity index (χ1) is 11.1.